The van der Waals surface area contributed by atoms with Gasteiger partial charge in [0, 0.05) is 0 Å². The van der Waals surface area contributed by atoms with Gasteiger partial charge in [-0.1, -0.05) is 0 Å². The number of amides is 2. The van der Waals surface area contributed by atoms with E-state index in [0.29, 0.717) is 6.61 Å². The number of hydrazine groups is 2. The van der Waals surface area contributed by atoms with Crippen molar-refractivity contribution in [3.05, 3.63) is 23.3 Å². The lowest BCUT2D eigenvalue weighted by Crippen LogP contribution is -3.00. The minimum atomic E-state index is -0.693. The maximum atomic E-state index is 11.8. The molecule has 0 unspecified atom stereocenters. The fraction of sp³-hybridized carbons (Fsp3) is 0.467. The lowest BCUT2D eigenvalue weighted by molar-refractivity contribution is -0.870. The van der Waals surface area contributed by atoms with Crippen molar-refractivity contribution in [2.75, 3.05) is 34.3 Å². The third kappa shape index (κ3) is 7.14. The Morgan fingerprint density at radius 2 is 1.64 bits per heavy atom. The number of hydrogen-bond acceptors (Lipinski definition) is 6. The lowest BCUT2D eigenvalue weighted by Gasteiger charge is -2.23. The van der Waals surface area contributed by atoms with Crippen LogP contribution in [0, 0.1) is 0 Å². The maximum absolute atomic E-state index is 11.8. The molecule has 0 bridgehead atoms. The van der Waals surface area contributed by atoms with E-state index in [4.69, 9.17) is 16.4 Å². The Balaban J connectivity index is 0.00000576. The number of ether oxygens (including phenoxy) is 1. The highest BCUT2D eigenvalue weighted by atomic mass is 35.5. The van der Waals surface area contributed by atoms with E-state index in [2.05, 4.69) is 21.1 Å². The molecule has 1 rings (SSSR count). The first kappa shape index (κ1) is 22.9. The summed E-state index contributed by atoms with van der Waals surface area (Å²) >= 11 is 0. The van der Waals surface area contributed by atoms with E-state index in [1.807, 2.05) is 10.9 Å². The number of aromatic hydroxyl groups is 1. The van der Waals surface area contributed by atoms with Crippen molar-refractivity contribution in [1.29, 1.82) is 0 Å². The first-order chi connectivity index (χ1) is 11.2. The maximum Gasteiger partial charge on any atom is 0.269 e. The molecule has 0 saturated heterocycles. The summed E-state index contributed by atoms with van der Waals surface area (Å²) in [4.78, 5) is 23.4. The Morgan fingerprint density at radius 3 is 2.16 bits per heavy atom. The van der Waals surface area contributed by atoms with Gasteiger partial charge < -0.3 is 26.7 Å². The molecule has 9 nitrogen and oxygen atoms in total. The SMILES string of the molecule is C[N+](C)(C)CCCCOc1cc(C(=O)NN)c(O)cc1C(=O)NN.[Cl-]. The van der Waals surface area contributed by atoms with Crippen LogP contribution in [-0.2, 0) is 0 Å². The summed E-state index contributed by atoms with van der Waals surface area (Å²) in [6, 6.07) is 2.38. The van der Waals surface area contributed by atoms with E-state index in [1.165, 1.54) is 6.07 Å². The molecule has 7 N–H and O–H groups in total. The number of hydrogen-bond donors (Lipinski definition) is 5. The Labute approximate surface area is 153 Å². The van der Waals surface area contributed by atoms with Crippen LogP contribution in [0.3, 0.4) is 0 Å². The van der Waals surface area contributed by atoms with E-state index < -0.39 is 17.6 Å². The summed E-state index contributed by atoms with van der Waals surface area (Å²) in [6.07, 6.45) is 1.72. The number of phenols is 1. The molecule has 1 aromatic rings. The number of benzene rings is 1. The Bertz CT molecular complexity index is 604. The highest BCUT2D eigenvalue weighted by Crippen LogP contribution is 2.28. The lowest BCUT2D eigenvalue weighted by atomic mass is 10.1. The summed E-state index contributed by atoms with van der Waals surface area (Å²) < 4.78 is 6.46. The van der Waals surface area contributed by atoms with Crippen LogP contribution in [0.5, 0.6) is 11.5 Å². The summed E-state index contributed by atoms with van der Waals surface area (Å²) in [5.41, 5.74) is 3.85. The molecule has 142 valence electrons. The summed E-state index contributed by atoms with van der Waals surface area (Å²) in [7, 11) is 6.30. The number of quaternary nitrogens is 1. The minimum absolute atomic E-state index is 0. The van der Waals surface area contributed by atoms with Crippen LogP contribution in [0.4, 0.5) is 0 Å². The van der Waals surface area contributed by atoms with Gasteiger partial charge >= 0.3 is 0 Å². The molecule has 0 aliphatic rings. The van der Waals surface area contributed by atoms with Crippen LogP contribution >= 0.6 is 0 Å². The average molecular weight is 376 g/mol. The van der Waals surface area contributed by atoms with Crippen molar-refractivity contribution in [2.45, 2.75) is 12.8 Å². The minimum Gasteiger partial charge on any atom is -1.00 e. The van der Waals surface area contributed by atoms with Gasteiger partial charge in [0.25, 0.3) is 11.8 Å². The normalized spacial score (nSPS) is 10.6. The van der Waals surface area contributed by atoms with E-state index >= 15 is 0 Å². The fourth-order valence-corrected chi connectivity index (χ4v) is 2.07. The molecule has 1 aromatic carbocycles. The number of halogens is 1. The van der Waals surface area contributed by atoms with Crippen LogP contribution in [0.1, 0.15) is 33.6 Å². The van der Waals surface area contributed by atoms with Crippen molar-refractivity contribution >= 4 is 11.8 Å². The van der Waals surface area contributed by atoms with Gasteiger partial charge in [0.05, 0.1) is 45.4 Å². The number of unbranched alkanes of at least 4 members (excludes halogenated alkanes) is 1. The highest BCUT2D eigenvalue weighted by molar-refractivity contribution is 6.01. The van der Waals surface area contributed by atoms with Crippen molar-refractivity contribution in [1.82, 2.24) is 10.9 Å². The third-order valence-corrected chi connectivity index (χ3v) is 3.33. The zero-order valence-electron chi connectivity index (χ0n) is 14.6. The van der Waals surface area contributed by atoms with Crippen molar-refractivity contribution in [3.63, 3.8) is 0 Å². The number of rotatable bonds is 8. The number of nitrogens with zero attached hydrogens (tertiary/aromatic N) is 1. The highest BCUT2D eigenvalue weighted by Gasteiger charge is 2.19. The molecule has 0 saturated carbocycles. The standard InChI is InChI=1S/C15H25N5O4.ClH/c1-20(2,3)6-4-5-7-24-13-9-10(14(22)18-16)12(21)8-11(13)15(23)19-17;/h8-9H,4-7H2,1-3H3,(H6-,16,17,18,19,21,22,23);1H. The van der Waals surface area contributed by atoms with Crippen LogP contribution in [-0.4, -0.2) is 55.7 Å². The van der Waals surface area contributed by atoms with Gasteiger partial charge in [0.2, 0.25) is 0 Å². The average Bonchev–Trinajstić information content (AvgIpc) is 2.52. The fourth-order valence-electron chi connectivity index (χ4n) is 2.07. The number of carbonyl (C=O) groups excluding carboxylic acids is 2. The van der Waals surface area contributed by atoms with Gasteiger partial charge in [-0.3, -0.25) is 20.4 Å². The molecule has 0 radical (unpaired) electrons. The van der Waals surface area contributed by atoms with E-state index in [1.54, 1.807) is 0 Å². The van der Waals surface area contributed by atoms with Crippen LogP contribution < -0.4 is 39.7 Å². The predicted molar refractivity (Wildman–Crippen MR) is 89.0 cm³/mol. The summed E-state index contributed by atoms with van der Waals surface area (Å²) in [5.74, 6) is 8.64. The molecular formula is C15H26ClN5O4. The van der Waals surface area contributed by atoms with Gasteiger partial charge in [-0.2, -0.15) is 0 Å². The van der Waals surface area contributed by atoms with Gasteiger partial charge in [-0.05, 0) is 25.0 Å². The van der Waals surface area contributed by atoms with E-state index in [0.717, 1.165) is 29.9 Å². The summed E-state index contributed by atoms with van der Waals surface area (Å²) in [5, 5.41) is 9.87. The van der Waals surface area contributed by atoms with Crippen LogP contribution in [0.15, 0.2) is 12.1 Å². The molecule has 25 heavy (non-hydrogen) atoms. The Morgan fingerprint density at radius 1 is 1.08 bits per heavy atom. The van der Waals surface area contributed by atoms with Crippen LogP contribution in [0.25, 0.3) is 0 Å². The zero-order valence-corrected chi connectivity index (χ0v) is 15.4. The molecule has 0 heterocycles. The largest absolute Gasteiger partial charge is 1.00 e. The van der Waals surface area contributed by atoms with Crippen molar-refractivity contribution < 1.29 is 36.3 Å². The molecule has 0 aliphatic carbocycles. The van der Waals surface area contributed by atoms with Gasteiger partial charge in [0.15, 0.2) is 0 Å². The topological polar surface area (TPSA) is 140 Å². The second kappa shape index (κ2) is 10.0. The van der Waals surface area contributed by atoms with Gasteiger partial charge in [-0.15, -0.1) is 0 Å². The molecule has 0 atom stereocenters. The predicted octanol–water partition coefficient (Wildman–Crippen LogP) is -3.53. The molecule has 0 spiro atoms. The van der Waals surface area contributed by atoms with E-state index in [9.17, 15) is 14.7 Å². The van der Waals surface area contributed by atoms with Crippen molar-refractivity contribution in [2.24, 2.45) is 11.7 Å². The number of nitrogens with one attached hydrogen (secondary N) is 2. The molecule has 10 heteroatoms. The molecule has 0 aromatic heterocycles. The van der Waals surface area contributed by atoms with E-state index in [-0.39, 0.29) is 29.3 Å². The van der Waals surface area contributed by atoms with Crippen LogP contribution in [0.2, 0.25) is 0 Å². The second-order valence-corrected chi connectivity index (χ2v) is 6.38. The smallest absolute Gasteiger partial charge is 0.269 e. The Kier molecular flexibility index (Phi) is 9.21. The Hall–Kier alpha value is -2.07. The number of carbonyl (C=O) groups is 2. The first-order valence-corrected chi connectivity index (χ1v) is 7.51. The molecule has 0 aliphatic heterocycles. The quantitative estimate of drug-likeness (QED) is 0.105. The van der Waals surface area contributed by atoms with Gasteiger partial charge in [0.1, 0.15) is 11.5 Å². The number of phenolic OH excluding ortho intramolecular Hbond substituents is 1. The second-order valence-electron chi connectivity index (χ2n) is 6.38. The first-order valence-electron chi connectivity index (χ1n) is 7.51. The monoisotopic (exact) mass is 375 g/mol. The number of nitrogen functional groups attached to an aromatic ring is 2. The third-order valence-electron chi connectivity index (χ3n) is 3.33. The number of nitrogens with two attached hydrogens (primary N) is 2. The summed E-state index contributed by atoms with van der Waals surface area (Å²) in [6.45, 7) is 1.34. The van der Waals surface area contributed by atoms with Crippen molar-refractivity contribution in [3.8, 4) is 11.5 Å². The molecule has 0 fully saturated rings. The van der Waals surface area contributed by atoms with Gasteiger partial charge in [-0.25, -0.2) is 11.7 Å². The molecular weight excluding hydrogens is 350 g/mol. The molecule has 2 amide bonds. The zero-order chi connectivity index (χ0) is 18.3.